The maximum atomic E-state index is 10.2. The van der Waals surface area contributed by atoms with Gasteiger partial charge in [0, 0.05) is 17.5 Å². The molecule has 0 radical (unpaired) electrons. The molecule has 0 saturated heterocycles. The maximum absolute atomic E-state index is 10.2. The van der Waals surface area contributed by atoms with E-state index in [-0.39, 0.29) is 11.5 Å². The summed E-state index contributed by atoms with van der Waals surface area (Å²) in [6.45, 7) is 11.6. The largest absolute Gasteiger partial charge is 0.493 e. The highest BCUT2D eigenvalue weighted by Crippen LogP contribution is 2.42. The van der Waals surface area contributed by atoms with Gasteiger partial charge in [0.05, 0.1) is 12.7 Å². The van der Waals surface area contributed by atoms with Crippen molar-refractivity contribution in [1.82, 2.24) is 0 Å². The van der Waals surface area contributed by atoms with E-state index in [1.54, 1.807) is 0 Å². The number of benzene rings is 1. The van der Waals surface area contributed by atoms with E-state index in [0.29, 0.717) is 18.9 Å². The molecule has 2 nitrogen and oxygen atoms in total. The lowest BCUT2D eigenvalue weighted by molar-refractivity contribution is 0.113. The normalized spacial score (nSPS) is 19.6. The Labute approximate surface area is 110 Å². The van der Waals surface area contributed by atoms with Crippen LogP contribution >= 0.6 is 0 Å². The van der Waals surface area contributed by atoms with Gasteiger partial charge >= 0.3 is 0 Å². The predicted molar refractivity (Wildman–Crippen MR) is 74.3 cm³/mol. The molecule has 1 heterocycles. The number of ether oxygens (including phenoxy) is 1. The lowest BCUT2D eigenvalue weighted by atomic mass is 9.81. The Bertz CT molecular complexity index is 441. The lowest BCUT2D eigenvalue weighted by Crippen LogP contribution is -2.21. The average molecular weight is 248 g/mol. The summed E-state index contributed by atoms with van der Waals surface area (Å²) in [6.07, 6.45) is 0.312. The standard InChI is InChI=1S/C16H24O2/c1-10(2)11-8-12-14(17)6-7-18-15(12)13(9-11)16(3,4)5/h8-10,14,17H,6-7H2,1-5H3. The third-order valence-corrected chi connectivity index (χ3v) is 3.61. The molecule has 0 spiro atoms. The number of hydrogen-bond acceptors (Lipinski definition) is 2. The molecule has 0 aliphatic carbocycles. The Balaban J connectivity index is 2.64. The van der Waals surface area contributed by atoms with Gasteiger partial charge in [0.15, 0.2) is 0 Å². The fourth-order valence-corrected chi connectivity index (χ4v) is 2.40. The van der Waals surface area contributed by atoms with Gasteiger partial charge in [-0.25, -0.2) is 0 Å². The molecule has 1 aromatic rings. The van der Waals surface area contributed by atoms with Gasteiger partial charge in [-0.15, -0.1) is 0 Å². The van der Waals surface area contributed by atoms with Crippen molar-refractivity contribution >= 4 is 0 Å². The minimum absolute atomic E-state index is 0.0338. The van der Waals surface area contributed by atoms with Crippen LogP contribution in [0.2, 0.25) is 0 Å². The van der Waals surface area contributed by atoms with Gasteiger partial charge in [0.2, 0.25) is 0 Å². The van der Waals surface area contributed by atoms with Crippen molar-refractivity contribution in [2.75, 3.05) is 6.61 Å². The van der Waals surface area contributed by atoms with Gasteiger partial charge in [-0.1, -0.05) is 40.7 Å². The van der Waals surface area contributed by atoms with Crippen molar-refractivity contribution in [3.63, 3.8) is 0 Å². The quantitative estimate of drug-likeness (QED) is 0.816. The highest BCUT2D eigenvalue weighted by molar-refractivity contribution is 5.50. The topological polar surface area (TPSA) is 29.5 Å². The van der Waals surface area contributed by atoms with Crippen molar-refractivity contribution in [1.29, 1.82) is 0 Å². The summed E-state index contributed by atoms with van der Waals surface area (Å²) in [4.78, 5) is 0. The van der Waals surface area contributed by atoms with Gasteiger partial charge < -0.3 is 9.84 Å². The van der Waals surface area contributed by atoms with E-state index >= 15 is 0 Å². The molecule has 0 bridgehead atoms. The van der Waals surface area contributed by atoms with Crippen molar-refractivity contribution in [2.45, 2.75) is 58.5 Å². The molecule has 0 aromatic heterocycles. The fraction of sp³-hybridized carbons (Fsp3) is 0.625. The molecule has 0 fully saturated rings. The van der Waals surface area contributed by atoms with Gasteiger partial charge in [-0.3, -0.25) is 0 Å². The number of fused-ring (bicyclic) bond motifs is 1. The third-order valence-electron chi connectivity index (χ3n) is 3.61. The third kappa shape index (κ3) is 2.39. The Morgan fingerprint density at radius 3 is 2.50 bits per heavy atom. The molecule has 2 rings (SSSR count). The molecule has 1 aliphatic heterocycles. The summed E-state index contributed by atoms with van der Waals surface area (Å²) in [5.74, 6) is 1.37. The molecule has 0 saturated carbocycles. The first-order valence-electron chi connectivity index (χ1n) is 6.80. The van der Waals surface area contributed by atoms with Gasteiger partial charge in [0.25, 0.3) is 0 Å². The van der Waals surface area contributed by atoms with E-state index in [2.05, 4.69) is 46.8 Å². The summed E-state index contributed by atoms with van der Waals surface area (Å²) < 4.78 is 5.83. The van der Waals surface area contributed by atoms with E-state index in [4.69, 9.17) is 4.74 Å². The minimum Gasteiger partial charge on any atom is -0.493 e. The van der Waals surface area contributed by atoms with Gasteiger partial charge in [-0.2, -0.15) is 0 Å². The molecule has 1 N–H and O–H groups in total. The van der Waals surface area contributed by atoms with E-state index < -0.39 is 0 Å². The predicted octanol–water partition coefficient (Wildman–Crippen LogP) is 3.92. The second-order valence-corrected chi connectivity index (χ2v) is 6.54. The SMILES string of the molecule is CC(C)c1cc2c(c(C(C)(C)C)c1)OCCC2O. The molecule has 18 heavy (non-hydrogen) atoms. The molecule has 1 unspecified atom stereocenters. The van der Waals surface area contributed by atoms with E-state index in [9.17, 15) is 5.11 Å². The summed E-state index contributed by atoms with van der Waals surface area (Å²) in [7, 11) is 0. The fourth-order valence-electron chi connectivity index (χ4n) is 2.40. The molecular formula is C16H24O2. The van der Waals surface area contributed by atoms with Crippen LogP contribution in [0.3, 0.4) is 0 Å². The van der Waals surface area contributed by atoms with Crippen LogP contribution in [0.25, 0.3) is 0 Å². The molecule has 1 aromatic carbocycles. The monoisotopic (exact) mass is 248 g/mol. The molecule has 2 heteroatoms. The first-order valence-corrected chi connectivity index (χ1v) is 6.80. The van der Waals surface area contributed by atoms with Crippen molar-refractivity contribution in [2.24, 2.45) is 0 Å². The van der Waals surface area contributed by atoms with Crippen molar-refractivity contribution in [3.8, 4) is 5.75 Å². The van der Waals surface area contributed by atoms with E-state index in [0.717, 1.165) is 11.3 Å². The molecule has 0 amide bonds. The summed E-state index contributed by atoms with van der Waals surface area (Å²) in [5, 5.41) is 10.2. The van der Waals surface area contributed by atoms with Crippen LogP contribution < -0.4 is 4.74 Å². The van der Waals surface area contributed by atoms with Crippen LogP contribution in [0, 0.1) is 0 Å². The first-order chi connectivity index (χ1) is 8.30. The Hall–Kier alpha value is -1.02. The summed E-state index contributed by atoms with van der Waals surface area (Å²) in [6, 6.07) is 4.35. The highest BCUT2D eigenvalue weighted by atomic mass is 16.5. The molecule has 1 aliphatic rings. The lowest BCUT2D eigenvalue weighted by Gasteiger charge is -2.31. The van der Waals surface area contributed by atoms with Gasteiger partial charge in [0.1, 0.15) is 5.75 Å². The smallest absolute Gasteiger partial charge is 0.128 e. The number of hydrogen-bond donors (Lipinski definition) is 1. The molecule has 1 atom stereocenters. The van der Waals surface area contributed by atoms with Crippen LogP contribution in [0.5, 0.6) is 5.75 Å². The average Bonchev–Trinajstić information content (AvgIpc) is 2.27. The van der Waals surface area contributed by atoms with Crippen molar-refractivity contribution < 1.29 is 9.84 Å². The van der Waals surface area contributed by atoms with E-state index in [1.807, 2.05) is 0 Å². The second-order valence-electron chi connectivity index (χ2n) is 6.54. The number of rotatable bonds is 1. The zero-order valence-electron chi connectivity index (χ0n) is 12.1. The van der Waals surface area contributed by atoms with E-state index in [1.165, 1.54) is 11.1 Å². The Morgan fingerprint density at radius 1 is 1.28 bits per heavy atom. The van der Waals surface area contributed by atoms with Crippen LogP contribution in [0.15, 0.2) is 12.1 Å². The number of aliphatic hydroxyl groups is 1. The highest BCUT2D eigenvalue weighted by Gasteiger charge is 2.28. The van der Waals surface area contributed by atoms with Crippen LogP contribution in [-0.2, 0) is 5.41 Å². The van der Waals surface area contributed by atoms with Gasteiger partial charge in [-0.05, 0) is 23.0 Å². The number of aliphatic hydroxyl groups excluding tert-OH is 1. The van der Waals surface area contributed by atoms with Crippen molar-refractivity contribution in [3.05, 3.63) is 28.8 Å². The first kappa shape index (κ1) is 13.4. The minimum atomic E-state index is -0.381. The summed E-state index contributed by atoms with van der Waals surface area (Å²) in [5.41, 5.74) is 3.49. The Kier molecular flexibility index (Phi) is 3.41. The Morgan fingerprint density at radius 2 is 1.94 bits per heavy atom. The summed E-state index contributed by atoms with van der Waals surface area (Å²) >= 11 is 0. The van der Waals surface area contributed by atoms with Crippen LogP contribution in [0.4, 0.5) is 0 Å². The van der Waals surface area contributed by atoms with Crippen LogP contribution in [-0.4, -0.2) is 11.7 Å². The maximum Gasteiger partial charge on any atom is 0.128 e. The van der Waals surface area contributed by atoms with Crippen LogP contribution in [0.1, 0.15) is 69.8 Å². The zero-order valence-corrected chi connectivity index (χ0v) is 12.1. The second kappa shape index (κ2) is 4.58. The zero-order chi connectivity index (χ0) is 13.5. The molecule has 100 valence electrons. The molecular weight excluding hydrogens is 224 g/mol.